The first kappa shape index (κ1) is 15.6. The Kier molecular flexibility index (Phi) is 3.81. The highest BCUT2D eigenvalue weighted by Crippen LogP contribution is 2.39. The van der Waals surface area contributed by atoms with E-state index in [1.807, 2.05) is 0 Å². The molecule has 1 aromatic heterocycles. The molecule has 0 radical (unpaired) electrons. The molecule has 0 fully saturated rings. The van der Waals surface area contributed by atoms with Crippen LogP contribution in [0.2, 0.25) is 0 Å². The lowest BCUT2D eigenvalue weighted by Gasteiger charge is -2.28. The fourth-order valence-corrected chi connectivity index (χ4v) is 4.85. The summed E-state index contributed by atoms with van der Waals surface area (Å²) in [5, 5.41) is 7.37. The highest BCUT2D eigenvalue weighted by atomic mass is 32.1. The van der Waals surface area contributed by atoms with Crippen LogP contribution in [-0.4, -0.2) is 18.5 Å². The molecular weight excluding hydrogens is 325 g/mol. The Morgan fingerprint density at radius 2 is 2.00 bits per heavy atom. The van der Waals surface area contributed by atoms with Gasteiger partial charge in [-0.2, -0.15) is 0 Å². The molecule has 1 amide bonds. The summed E-state index contributed by atoms with van der Waals surface area (Å²) in [5.41, 5.74) is 2.88. The molecule has 0 bridgehead atoms. The van der Waals surface area contributed by atoms with Crippen molar-refractivity contribution in [2.24, 2.45) is 0 Å². The van der Waals surface area contributed by atoms with Crippen molar-refractivity contribution in [3.8, 4) is 0 Å². The molecule has 4 nitrogen and oxygen atoms in total. The summed E-state index contributed by atoms with van der Waals surface area (Å²) in [7, 11) is 0. The maximum Gasteiger partial charge on any atom is 0.256 e. The van der Waals surface area contributed by atoms with E-state index in [0.29, 0.717) is 6.04 Å². The van der Waals surface area contributed by atoms with Gasteiger partial charge in [0.05, 0.1) is 23.0 Å². The average Bonchev–Trinajstić information content (AvgIpc) is 2.93. The summed E-state index contributed by atoms with van der Waals surface area (Å²) in [6.07, 6.45) is 0.643. The van der Waals surface area contributed by atoms with Gasteiger partial charge in [-0.3, -0.25) is 4.79 Å². The monoisotopic (exact) mass is 346 g/mol. The zero-order valence-corrected chi connectivity index (χ0v) is 14.6. The van der Waals surface area contributed by atoms with Gasteiger partial charge in [-0.15, -0.1) is 11.3 Å². The largest absolute Gasteiger partial charge is 0.353 e. The molecule has 2 aliphatic rings. The molecule has 24 heavy (non-hydrogen) atoms. The number of carbonyl (C=O) groups excluding carboxylic acids is 1. The molecule has 0 aliphatic carbocycles. The van der Waals surface area contributed by atoms with Crippen molar-refractivity contribution < 1.29 is 14.1 Å². The third-order valence-electron chi connectivity index (χ3n) is 4.97. The fraction of sp³-hybridized carbons (Fsp3) is 0.389. The van der Waals surface area contributed by atoms with Gasteiger partial charge in [0.25, 0.3) is 5.91 Å². The van der Waals surface area contributed by atoms with Crippen LogP contribution in [0.15, 0.2) is 24.3 Å². The lowest BCUT2D eigenvalue weighted by molar-refractivity contribution is -0.936. The molecule has 4 rings (SSSR count). The van der Waals surface area contributed by atoms with E-state index in [2.05, 4.69) is 24.5 Å². The number of rotatable bonds is 2. The van der Waals surface area contributed by atoms with Gasteiger partial charge in [0.1, 0.15) is 23.5 Å². The minimum Gasteiger partial charge on any atom is -0.353 e. The topological polar surface area (TPSA) is 45.6 Å². The number of carbonyl (C=O) groups is 1. The van der Waals surface area contributed by atoms with Crippen molar-refractivity contribution in [1.29, 1.82) is 0 Å². The van der Waals surface area contributed by atoms with Crippen LogP contribution in [0, 0.1) is 5.82 Å². The number of quaternary nitrogens is 1. The van der Waals surface area contributed by atoms with Crippen molar-refractivity contribution in [3.63, 3.8) is 0 Å². The summed E-state index contributed by atoms with van der Waals surface area (Å²) in [5.74, 6) is -0.298. The molecular formula is C18H21FN3OS+. The molecule has 3 N–H and O–H groups in total. The van der Waals surface area contributed by atoms with E-state index in [-0.39, 0.29) is 17.9 Å². The second-order valence-corrected chi connectivity index (χ2v) is 7.91. The number of hydrogen-bond donors (Lipinski definition) is 3. The Morgan fingerprint density at radius 3 is 2.71 bits per heavy atom. The molecule has 0 saturated carbocycles. The van der Waals surface area contributed by atoms with Gasteiger partial charge < -0.3 is 15.5 Å². The number of anilines is 1. The smallest absolute Gasteiger partial charge is 0.256 e. The summed E-state index contributed by atoms with van der Waals surface area (Å²) in [4.78, 5) is 15.5. The van der Waals surface area contributed by atoms with Gasteiger partial charge >= 0.3 is 0 Å². The lowest BCUT2D eigenvalue weighted by Crippen LogP contribution is -3.14. The number of fused-ring (bicyclic) bond motifs is 3. The Hall–Kier alpha value is -1.92. The van der Waals surface area contributed by atoms with Crippen LogP contribution < -0.4 is 15.5 Å². The molecule has 3 heterocycles. The van der Waals surface area contributed by atoms with Crippen molar-refractivity contribution in [2.75, 3.05) is 11.9 Å². The van der Waals surface area contributed by atoms with E-state index in [1.165, 1.54) is 22.6 Å². The van der Waals surface area contributed by atoms with E-state index < -0.39 is 0 Å². The summed E-state index contributed by atoms with van der Waals surface area (Å²) in [6, 6.07) is 6.84. The van der Waals surface area contributed by atoms with E-state index in [9.17, 15) is 9.18 Å². The summed E-state index contributed by atoms with van der Waals surface area (Å²) < 4.78 is 13.1. The van der Waals surface area contributed by atoms with E-state index >= 15 is 0 Å². The quantitative estimate of drug-likeness (QED) is 0.780. The predicted octanol–water partition coefficient (Wildman–Crippen LogP) is 2.09. The van der Waals surface area contributed by atoms with Gasteiger partial charge in [-0.05, 0) is 37.1 Å². The maximum atomic E-state index is 13.1. The van der Waals surface area contributed by atoms with Crippen molar-refractivity contribution in [3.05, 3.63) is 51.7 Å². The van der Waals surface area contributed by atoms with Crippen LogP contribution in [0.1, 0.15) is 46.4 Å². The average molecular weight is 346 g/mol. The standard InChI is InChI=1S/C18H20FN3OS/c1-10(2)22-8-7-13-14(9-22)24-18-15(13)17(23)20-16(21-18)11-3-5-12(19)6-4-11/h3-6,10,16,21H,7-9H2,1-2H3,(H,20,23)/p+1/t16-/m1/s1. The normalized spacial score (nSPS) is 22.6. The van der Waals surface area contributed by atoms with Crippen LogP contribution in [0.25, 0.3) is 0 Å². The fourth-order valence-electron chi connectivity index (χ4n) is 3.53. The zero-order chi connectivity index (χ0) is 16.8. The van der Waals surface area contributed by atoms with E-state index in [0.717, 1.165) is 35.6 Å². The molecule has 1 aromatic carbocycles. The first-order chi connectivity index (χ1) is 11.5. The Balaban J connectivity index is 1.65. The molecule has 0 saturated heterocycles. The van der Waals surface area contributed by atoms with Gasteiger partial charge in [0.2, 0.25) is 0 Å². The third kappa shape index (κ3) is 2.59. The Bertz CT molecular complexity index is 784. The molecule has 2 aliphatic heterocycles. The molecule has 2 aromatic rings. The molecule has 0 spiro atoms. The molecule has 126 valence electrons. The van der Waals surface area contributed by atoms with Crippen molar-refractivity contribution in [1.82, 2.24) is 5.32 Å². The highest BCUT2D eigenvalue weighted by molar-refractivity contribution is 7.16. The van der Waals surface area contributed by atoms with E-state index in [1.54, 1.807) is 28.4 Å². The molecule has 2 atom stereocenters. The predicted molar refractivity (Wildman–Crippen MR) is 92.9 cm³/mol. The number of nitrogens with one attached hydrogen (secondary N) is 3. The minimum atomic E-state index is -0.306. The second-order valence-electron chi connectivity index (χ2n) is 6.80. The van der Waals surface area contributed by atoms with E-state index in [4.69, 9.17) is 0 Å². The SMILES string of the molecule is CC(C)[NH+]1CCc2c(sc3c2C(=O)N[C@@H](c2ccc(F)cc2)N3)C1. The van der Waals surface area contributed by atoms with Crippen LogP contribution in [-0.2, 0) is 13.0 Å². The highest BCUT2D eigenvalue weighted by Gasteiger charge is 2.35. The van der Waals surface area contributed by atoms with Gasteiger partial charge in [0, 0.05) is 6.42 Å². The number of benzene rings is 1. The first-order valence-corrected chi connectivity index (χ1v) is 9.16. The molecule has 6 heteroatoms. The number of thiophene rings is 1. The Morgan fingerprint density at radius 1 is 1.25 bits per heavy atom. The van der Waals surface area contributed by atoms with Gasteiger partial charge in [-0.1, -0.05) is 12.1 Å². The van der Waals surface area contributed by atoms with Crippen LogP contribution >= 0.6 is 11.3 Å². The number of amides is 1. The van der Waals surface area contributed by atoms with Crippen LogP contribution in [0.4, 0.5) is 9.39 Å². The maximum absolute atomic E-state index is 13.1. The number of hydrogen-bond acceptors (Lipinski definition) is 3. The molecule has 1 unspecified atom stereocenters. The van der Waals surface area contributed by atoms with Crippen molar-refractivity contribution >= 4 is 22.2 Å². The van der Waals surface area contributed by atoms with Crippen molar-refractivity contribution in [2.45, 2.75) is 39.0 Å². The first-order valence-electron chi connectivity index (χ1n) is 8.35. The lowest BCUT2D eigenvalue weighted by atomic mass is 9.99. The minimum absolute atomic E-state index is 0.0245. The zero-order valence-electron chi connectivity index (χ0n) is 13.8. The van der Waals surface area contributed by atoms with Crippen LogP contribution in [0.3, 0.4) is 0 Å². The number of halogens is 1. The second kappa shape index (κ2) is 5.86. The summed E-state index contributed by atoms with van der Waals surface area (Å²) in [6.45, 7) is 6.54. The van der Waals surface area contributed by atoms with Gasteiger partial charge in [-0.25, -0.2) is 4.39 Å². The third-order valence-corrected chi connectivity index (χ3v) is 6.14. The van der Waals surface area contributed by atoms with Crippen LogP contribution in [0.5, 0.6) is 0 Å². The summed E-state index contributed by atoms with van der Waals surface area (Å²) >= 11 is 1.70. The van der Waals surface area contributed by atoms with Gasteiger partial charge in [0.15, 0.2) is 0 Å². The Labute approximate surface area is 144 Å².